The summed E-state index contributed by atoms with van der Waals surface area (Å²) in [6, 6.07) is 10.6. The van der Waals surface area contributed by atoms with Crippen molar-refractivity contribution in [3.63, 3.8) is 0 Å². The second kappa shape index (κ2) is 7.03. The van der Waals surface area contributed by atoms with Gasteiger partial charge in [0.2, 0.25) is 0 Å². The van der Waals surface area contributed by atoms with E-state index in [1.54, 1.807) is 0 Å². The van der Waals surface area contributed by atoms with Crippen LogP contribution in [0.1, 0.15) is 25.1 Å². The van der Waals surface area contributed by atoms with Gasteiger partial charge in [0.25, 0.3) is 0 Å². The molecule has 3 nitrogen and oxygen atoms in total. The summed E-state index contributed by atoms with van der Waals surface area (Å²) in [6.07, 6.45) is 5.14. The number of fused-ring (bicyclic) bond motifs is 3. The summed E-state index contributed by atoms with van der Waals surface area (Å²) >= 11 is -1.98. The van der Waals surface area contributed by atoms with Gasteiger partial charge in [-0.05, 0) is 0 Å². The Morgan fingerprint density at radius 1 is 1.00 bits per heavy atom. The molecule has 0 aliphatic rings. The van der Waals surface area contributed by atoms with Crippen molar-refractivity contribution in [3.8, 4) is 11.3 Å². The molecule has 4 aromatic rings. The van der Waals surface area contributed by atoms with Gasteiger partial charge >= 0.3 is 170 Å². The Hall–Kier alpha value is -2.14. The third-order valence-corrected chi connectivity index (χ3v) is 9.56. The van der Waals surface area contributed by atoms with E-state index in [4.69, 9.17) is 9.40 Å². The molecule has 28 heavy (non-hydrogen) atoms. The number of aryl methyl sites for hydroxylation is 1. The van der Waals surface area contributed by atoms with E-state index in [0.29, 0.717) is 5.92 Å². The summed E-state index contributed by atoms with van der Waals surface area (Å²) in [7, 11) is 0. The first-order valence-corrected chi connectivity index (χ1v) is 17.4. The topological polar surface area (TPSA) is 38.9 Å². The van der Waals surface area contributed by atoms with Gasteiger partial charge in [0, 0.05) is 0 Å². The normalized spacial score (nSPS) is 12.4. The molecule has 0 spiro atoms. The van der Waals surface area contributed by atoms with E-state index in [9.17, 15) is 0 Å². The van der Waals surface area contributed by atoms with Crippen molar-refractivity contribution in [1.82, 2.24) is 9.97 Å². The third-order valence-electron chi connectivity index (χ3n) is 5.22. The van der Waals surface area contributed by atoms with Crippen LogP contribution in [-0.2, 0) is 6.42 Å². The van der Waals surface area contributed by atoms with E-state index in [1.165, 1.54) is 9.96 Å². The van der Waals surface area contributed by atoms with Crippen molar-refractivity contribution >= 4 is 39.6 Å². The predicted octanol–water partition coefficient (Wildman–Crippen LogP) is 6.10. The number of hydrogen-bond acceptors (Lipinski definition) is 3. The van der Waals surface area contributed by atoms with Gasteiger partial charge in [0.1, 0.15) is 0 Å². The molecule has 0 aliphatic carbocycles. The zero-order valence-corrected chi connectivity index (χ0v) is 19.7. The summed E-state index contributed by atoms with van der Waals surface area (Å²) < 4.78 is 7.78. The fourth-order valence-corrected chi connectivity index (χ4v) is 7.26. The Labute approximate surface area is 169 Å². The van der Waals surface area contributed by atoms with Crippen LogP contribution in [0.5, 0.6) is 0 Å². The van der Waals surface area contributed by atoms with Crippen molar-refractivity contribution in [1.29, 1.82) is 0 Å². The number of pyridine rings is 2. The monoisotopic (exact) mass is 434 g/mol. The molecule has 0 radical (unpaired) electrons. The van der Waals surface area contributed by atoms with Crippen molar-refractivity contribution < 1.29 is 4.42 Å². The van der Waals surface area contributed by atoms with E-state index in [-0.39, 0.29) is 0 Å². The molecule has 0 unspecified atom stereocenters. The van der Waals surface area contributed by atoms with Crippen LogP contribution in [0.3, 0.4) is 0 Å². The zero-order valence-electron chi connectivity index (χ0n) is 17.6. The molecule has 0 aliphatic heterocycles. The average molecular weight is 433 g/mol. The van der Waals surface area contributed by atoms with Gasteiger partial charge in [0.15, 0.2) is 0 Å². The van der Waals surface area contributed by atoms with Crippen molar-refractivity contribution in [2.24, 2.45) is 5.92 Å². The van der Waals surface area contributed by atoms with Gasteiger partial charge in [-0.25, -0.2) is 0 Å². The fraction of sp³-hybridized carbons (Fsp3) is 0.333. The van der Waals surface area contributed by atoms with Gasteiger partial charge in [-0.15, -0.1) is 0 Å². The van der Waals surface area contributed by atoms with Crippen LogP contribution in [-0.4, -0.2) is 23.2 Å². The van der Waals surface area contributed by atoms with Crippen molar-refractivity contribution in [2.45, 2.75) is 44.5 Å². The van der Waals surface area contributed by atoms with Gasteiger partial charge in [-0.3, -0.25) is 0 Å². The number of nitrogens with zero attached hydrogens (tertiary/aromatic N) is 2. The van der Waals surface area contributed by atoms with Crippen LogP contribution in [0.15, 0.2) is 47.1 Å². The van der Waals surface area contributed by atoms with Crippen LogP contribution in [0.25, 0.3) is 33.2 Å². The molecule has 0 N–H and O–H groups in total. The molecule has 0 atom stereocenters. The Kier molecular flexibility index (Phi) is 4.82. The van der Waals surface area contributed by atoms with Crippen molar-refractivity contribution in [3.05, 3.63) is 54.0 Å². The molecule has 0 fully saturated rings. The minimum absolute atomic E-state index is 0.620. The fourth-order valence-electron chi connectivity index (χ4n) is 3.92. The molecule has 3 aromatic heterocycles. The second-order valence-electron chi connectivity index (χ2n) is 9.18. The van der Waals surface area contributed by atoms with Gasteiger partial charge in [0.05, 0.1) is 0 Å². The summed E-state index contributed by atoms with van der Waals surface area (Å²) in [5.74, 6) is 7.94. The molecule has 0 saturated heterocycles. The Balaban J connectivity index is 1.93. The molecule has 144 valence electrons. The van der Waals surface area contributed by atoms with Gasteiger partial charge < -0.3 is 0 Å². The first-order valence-electron chi connectivity index (χ1n) is 10.0. The maximum absolute atomic E-state index is 6.27. The molecule has 0 bridgehead atoms. The first-order chi connectivity index (χ1) is 13.2. The maximum atomic E-state index is 6.27. The SMILES string of the molecule is Cc1cc2oc3c(-c4cc(CC(C)C)[c]([Ge]([CH3])([CH3])[CH3])cn4)cccc3c2cn1. The quantitative estimate of drug-likeness (QED) is 0.366. The number of furan rings is 1. The zero-order chi connectivity index (χ0) is 20.1. The van der Waals surface area contributed by atoms with Crippen LogP contribution >= 0.6 is 0 Å². The molecule has 1 aromatic carbocycles. The third kappa shape index (κ3) is 3.48. The Bertz CT molecular complexity index is 1170. The van der Waals surface area contributed by atoms with E-state index in [2.05, 4.69) is 66.6 Å². The van der Waals surface area contributed by atoms with E-state index in [1.807, 2.05) is 19.2 Å². The molecular weight excluding hydrogens is 405 g/mol. The Morgan fingerprint density at radius 3 is 2.50 bits per heavy atom. The van der Waals surface area contributed by atoms with Crippen LogP contribution < -0.4 is 4.40 Å². The standard InChI is InChI=1S/C24H28GeN2O/c1-15(2)10-17-12-22(27-14-21(17)25(4,5)6)19-9-7-8-18-20-13-26-16(3)11-23(20)28-24(18)19/h7-9,11-15H,10H2,1-6H3. The number of rotatable bonds is 4. The van der Waals surface area contributed by atoms with Crippen LogP contribution in [0.4, 0.5) is 0 Å². The molecule has 0 amide bonds. The number of benzene rings is 1. The summed E-state index contributed by atoms with van der Waals surface area (Å²) in [4.78, 5) is 9.34. The summed E-state index contributed by atoms with van der Waals surface area (Å²) in [6.45, 7) is 6.56. The second-order valence-corrected chi connectivity index (χ2v) is 19.8. The van der Waals surface area contributed by atoms with Crippen LogP contribution in [0.2, 0.25) is 17.3 Å². The average Bonchev–Trinajstić information content (AvgIpc) is 2.97. The Morgan fingerprint density at radius 2 is 1.79 bits per heavy atom. The van der Waals surface area contributed by atoms with E-state index in [0.717, 1.165) is 45.3 Å². The van der Waals surface area contributed by atoms with Gasteiger partial charge in [-0.2, -0.15) is 0 Å². The van der Waals surface area contributed by atoms with Crippen molar-refractivity contribution in [2.75, 3.05) is 0 Å². The molecule has 0 saturated carbocycles. The predicted molar refractivity (Wildman–Crippen MR) is 121 cm³/mol. The van der Waals surface area contributed by atoms with Gasteiger partial charge in [-0.1, -0.05) is 0 Å². The van der Waals surface area contributed by atoms with E-state index >= 15 is 0 Å². The number of aromatic nitrogens is 2. The van der Waals surface area contributed by atoms with E-state index < -0.39 is 13.3 Å². The molecular formula is C24H28GeN2O. The van der Waals surface area contributed by atoms with Crippen LogP contribution in [0, 0.1) is 12.8 Å². The summed E-state index contributed by atoms with van der Waals surface area (Å²) in [5, 5.41) is 2.16. The number of hydrogen-bond donors (Lipinski definition) is 0. The number of para-hydroxylation sites is 1. The minimum atomic E-state index is -1.98. The summed E-state index contributed by atoms with van der Waals surface area (Å²) in [5.41, 5.74) is 6.27. The molecule has 4 rings (SSSR count). The molecule has 4 heteroatoms. The molecule has 3 heterocycles. The first kappa shape index (κ1) is 19.2.